The normalized spacial score (nSPS) is 18.1. The second-order valence-corrected chi connectivity index (χ2v) is 6.85. The Hall–Kier alpha value is -1.47. The van der Waals surface area contributed by atoms with Gasteiger partial charge in [0.15, 0.2) is 0 Å². The average molecular weight is 311 g/mol. The molecule has 116 valence electrons. The number of hydrogen-bond acceptors (Lipinski definition) is 5. The minimum absolute atomic E-state index is 0.0156. The molecule has 1 saturated heterocycles. The van der Waals surface area contributed by atoms with Gasteiger partial charge in [-0.25, -0.2) is 0 Å². The fraction of sp³-hybridized carbons (Fsp3) is 0.643. The number of nitro groups is 1. The summed E-state index contributed by atoms with van der Waals surface area (Å²) in [6.45, 7) is 6.47. The van der Waals surface area contributed by atoms with Gasteiger partial charge in [-0.3, -0.25) is 14.9 Å². The molecule has 0 aliphatic carbocycles. The van der Waals surface area contributed by atoms with Gasteiger partial charge in [-0.05, 0) is 31.4 Å². The van der Waals surface area contributed by atoms with Crippen molar-refractivity contribution < 1.29 is 9.72 Å². The van der Waals surface area contributed by atoms with Crippen LogP contribution in [0.5, 0.6) is 0 Å². The van der Waals surface area contributed by atoms with Crippen molar-refractivity contribution in [3.8, 4) is 0 Å². The highest BCUT2D eigenvalue weighted by Crippen LogP contribution is 2.25. The Labute approximate surface area is 128 Å². The summed E-state index contributed by atoms with van der Waals surface area (Å²) in [5.41, 5.74) is 0. The molecule has 1 aliphatic rings. The molecule has 1 unspecified atom stereocenters. The highest BCUT2D eigenvalue weighted by molar-refractivity contribution is 7.17. The molecule has 0 bridgehead atoms. The van der Waals surface area contributed by atoms with Crippen LogP contribution in [-0.2, 0) is 0 Å². The Bertz CT molecular complexity index is 509. The van der Waals surface area contributed by atoms with Crippen LogP contribution in [0, 0.1) is 16.0 Å². The molecule has 2 heterocycles. The largest absolute Gasteiger partial charge is 0.336 e. The molecule has 1 N–H and O–H groups in total. The molecule has 2 rings (SSSR count). The van der Waals surface area contributed by atoms with Crippen molar-refractivity contribution in [3.05, 3.63) is 27.1 Å². The minimum Gasteiger partial charge on any atom is -0.336 e. The molecular formula is C14H21N3O3S. The van der Waals surface area contributed by atoms with Gasteiger partial charge >= 0.3 is 5.00 Å². The first-order valence-electron chi connectivity index (χ1n) is 7.24. The molecule has 0 aromatic carbocycles. The van der Waals surface area contributed by atoms with E-state index in [1.807, 2.05) is 4.90 Å². The van der Waals surface area contributed by atoms with Crippen LogP contribution in [0.1, 0.15) is 36.4 Å². The summed E-state index contributed by atoms with van der Waals surface area (Å²) in [5, 5.41) is 14.2. The van der Waals surface area contributed by atoms with Gasteiger partial charge in [0.2, 0.25) is 0 Å². The molecule has 1 aromatic heterocycles. The van der Waals surface area contributed by atoms with Crippen molar-refractivity contribution in [2.75, 3.05) is 19.6 Å². The van der Waals surface area contributed by atoms with E-state index in [1.54, 1.807) is 6.07 Å². The van der Waals surface area contributed by atoms with Gasteiger partial charge in [0.1, 0.15) is 0 Å². The monoisotopic (exact) mass is 311 g/mol. The summed E-state index contributed by atoms with van der Waals surface area (Å²) < 4.78 is 0. The van der Waals surface area contributed by atoms with E-state index in [9.17, 15) is 14.9 Å². The lowest BCUT2D eigenvalue weighted by molar-refractivity contribution is -0.380. The molecular weight excluding hydrogens is 290 g/mol. The van der Waals surface area contributed by atoms with Crippen molar-refractivity contribution in [2.24, 2.45) is 5.92 Å². The maximum absolute atomic E-state index is 12.6. The zero-order valence-corrected chi connectivity index (χ0v) is 13.2. The van der Waals surface area contributed by atoms with Gasteiger partial charge in [0, 0.05) is 25.2 Å². The molecule has 1 atom stereocenters. The lowest BCUT2D eigenvalue weighted by Crippen LogP contribution is -2.42. The molecule has 21 heavy (non-hydrogen) atoms. The number of rotatable bonds is 6. The second kappa shape index (κ2) is 7.00. The first-order valence-corrected chi connectivity index (χ1v) is 8.06. The number of nitrogens with one attached hydrogen (secondary N) is 1. The van der Waals surface area contributed by atoms with Gasteiger partial charge < -0.3 is 10.2 Å². The van der Waals surface area contributed by atoms with Crippen molar-refractivity contribution in [1.82, 2.24) is 10.2 Å². The van der Waals surface area contributed by atoms with Crippen molar-refractivity contribution >= 4 is 22.2 Å². The van der Waals surface area contributed by atoms with E-state index >= 15 is 0 Å². The molecule has 0 radical (unpaired) electrons. The van der Waals surface area contributed by atoms with Crippen molar-refractivity contribution in [3.63, 3.8) is 0 Å². The zero-order valence-electron chi connectivity index (χ0n) is 12.4. The predicted molar refractivity (Wildman–Crippen MR) is 82.7 cm³/mol. The standard InChI is InChI=1S/C14H21N3O3S/c1-10(2)8-16(9-11-4-3-7-15-11)14(18)12-5-6-13(21-12)17(19)20/h5-6,10-11,15H,3-4,7-9H2,1-2H3. The minimum atomic E-state index is -0.452. The summed E-state index contributed by atoms with van der Waals surface area (Å²) in [5.74, 6) is 0.265. The highest BCUT2D eigenvalue weighted by Gasteiger charge is 2.25. The van der Waals surface area contributed by atoms with Crippen LogP contribution in [0.4, 0.5) is 5.00 Å². The number of amides is 1. The average Bonchev–Trinajstić information content (AvgIpc) is 3.07. The van der Waals surface area contributed by atoms with Gasteiger partial charge in [0.25, 0.3) is 5.91 Å². The van der Waals surface area contributed by atoms with Crippen LogP contribution in [0.2, 0.25) is 0 Å². The van der Waals surface area contributed by atoms with Crippen LogP contribution < -0.4 is 5.32 Å². The van der Waals surface area contributed by atoms with Crippen LogP contribution in [0.3, 0.4) is 0 Å². The number of nitrogens with zero attached hydrogens (tertiary/aromatic N) is 2. The van der Waals surface area contributed by atoms with Crippen LogP contribution in [0.15, 0.2) is 12.1 Å². The summed E-state index contributed by atoms with van der Waals surface area (Å²) >= 11 is 0.952. The first kappa shape index (κ1) is 15.9. The van der Waals surface area contributed by atoms with E-state index in [4.69, 9.17) is 0 Å². The Morgan fingerprint density at radius 2 is 2.33 bits per heavy atom. The maximum Gasteiger partial charge on any atom is 0.324 e. The predicted octanol–water partition coefficient (Wildman–Crippen LogP) is 2.51. The quantitative estimate of drug-likeness (QED) is 0.647. The first-order chi connectivity index (χ1) is 9.97. The van der Waals surface area contributed by atoms with Gasteiger partial charge in [0.05, 0.1) is 9.80 Å². The molecule has 1 aromatic rings. The maximum atomic E-state index is 12.6. The molecule has 1 amide bonds. The summed E-state index contributed by atoms with van der Waals surface area (Å²) in [7, 11) is 0. The Morgan fingerprint density at radius 3 is 2.86 bits per heavy atom. The van der Waals surface area contributed by atoms with Gasteiger partial charge in [-0.2, -0.15) is 0 Å². The third-order valence-electron chi connectivity index (χ3n) is 3.46. The van der Waals surface area contributed by atoms with E-state index in [2.05, 4.69) is 19.2 Å². The molecule has 1 fully saturated rings. The van der Waals surface area contributed by atoms with E-state index in [0.717, 1.165) is 30.7 Å². The smallest absolute Gasteiger partial charge is 0.324 e. The second-order valence-electron chi connectivity index (χ2n) is 5.79. The Morgan fingerprint density at radius 1 is 1.57 bits per heavy atom. The lowest BCUT2D eigenvalue weighted by atomic mass is 10.1. The van der Waals surface area contributed by atoms with Gasteiger partial charge in [-0.1, -0.05) is 25.2 Å². The van der Waals surface area contributed by atoms with Crippen LogP contribution >= 0.6 is 11.3 Å². The number of carbonyl (C=O) groups is 1. The third-order valence-corrected chi connectivity index (χ3v) is 4.48. The molecule has 6 nitrogen and oxygen atoms in total. The Kier molecular flexibility index (Phi) is 5.30. The fourth-order valence-corrected chi connectivity index (χ4v) is 3.34. The third kappa shape index (κ3) is 4.25. The number of carbonyl (C=O) groups excluding carboxylic acids is 1. The van der Waals surface area contributed by atoms with E-state index in [0.29, 0.717) is 29.9 Å². The molecule has 0 spiro atoms. The van der Waals surface area contributed by atoms with E-state index < -0.39 is 4.92 Å². The summed E-state index contributed by atoms with van der Waals surface area (Å²) in [6.07, 6.45) is 2.21. The van der Waals surface area contributed by atoms with Crippen molar-refractivity contribution in [1.29, 1.82) is 0 Å². The topological polar surface area (TPSA) is 75.5 Å². The fourth-order valence-electron chi connectivity index (χ4n) is 2.56. The van der Waals surface area contributed by atoms with E-state index in [-0.39, 0.29) is 10.9 Å². The molecule has 1 aliphatic heterocycles. The number of hydrogen-bond donors (Lipinski definition) is 1. The number of thiophene rings is 1. The summed E-state index contributed by atoms with van der Waals surface area (Å²) in [4.78, 5) is 25.2. The van der Waals surface area contributed by atoms with Gasteiger partial charge in [-0.15, -0.1) is 0 Å². The van der Waals surface area contributed by atoms with Crippen molar-refractivity contribution in [2.45, 2.75) is 32.7 Å². The zero-order chi connectivity index (χ0) is 15.4. The van der Waals surface area contributed by atoms with Crippen LogP contribution in [-0.4, -0.2) is 41.4 Å². The molecule has 0 saturated carbocycles. The van der Waals surface area contributed by atoms with Crippen LogP contribution in [0.25, 0.3) is 0 Å². The van der Waals surface area contributed by atoms with E-state index in [1.165, 1.54) is 6.07 Å². The molecule has 7 heteroatoms. The highest BCUT2D eigenvalue weighted by atomic mass is 32.1. The lowest BCUT2D eigenvalue weighted by Gasteiger charge is -2.27. The Balaban J connectivity index is 2.09. The SMILES string of the molecule is CC(C)CN(CC1CCCN1)C(=O)c1ccc([N+](=O)[O-])s1. The summed E-state index contributed by atoms with van der Waals surface area (Å²) in [6, 6.07) is 3.29.